The van der Waals surface area contributed by atoms with Gasteiger partial charge in [-0.1, -0.05) is 64.7 Å². The molecule has 0 aliphatic heterocycles. The first-order chi connectivity index (χ1) is 9.16. The first-order valence-electron chi connectivity index (χ1n) is 7.58. The number of unbranched alkanes of at least 4 members (excludes halogenated alkanes) is 9. The van der Waals surface area contributed by atoms with Gasteiger partial charge in [0.15, 0.2) is 5.78 Å². The molecule has 3 nitrogen and oxygen atoms in total. The standard InChI is InChI=1S/C16H28O3.Na/c1-2-3-4-5-6-7-8-9-10-11-12-15(17)13-14-16(18)19;/h13-14H,2-12H2,1H3,(H,18,19);/q;+1/p-1/b14-13+;. The average molecular weight is 290 g/mol. The van der Waals surface area contributed by atoms with E-state index in [1.54, 1.807) is 0 Å². The van der Waals surface area contributed by atoms with E-state index in [4.69, 9.17) is 0 Å². The van der Waals surface area contributed by atoms with Gasteiger partial charge in [0.1, 0.15) is 0 Å². The molecule has 0 aromatic rings. The molecule has 110 valence electrons. The Balaban J connectivity index is 0. The molecule has 0 heterocycles. The summed E-state index contributed by atoms with van der Waals surface area (Å²) in [5.74, 6) is -1.43. The monoisotopic (exact) mass is 290 g/mol. The minimum atomic E-state index is -1.31. The summed E-state index contributed by atoms with van der Waals surface area (Å²) in [6.45, 7) is 2.23. The second-order valence-electron chi connectivity index (χ2n) is 5.05. The van der Waals surface area contributed by atoms with Gasteiger partial charge in [-0.3, -0.25) is 4.79 Å². The third-order valence-electron chi connectivity index (χ3n) is 3.18. The first kappa shape index (κ1) is 22.2. The van der Waals surface area contributed by atoms with Gasteiger partial charge in [0, 0.05) is 6.42 Å². The van der Waals surface area contributed by atoms with E-state index in [1.807, 2.05) is 0 Å². The topological polar surface area (TPSA) is 57.2 Å². The Hall–Kier alpha value is -0.120. The van der Waals surface area contributed by atoms with E-state index in [0.29, 0.717) is 6.42 Å². The Bertz CT molecular complexity index is 275. The minimum Gasteiger partial charge on any atom is -0.545 e. The van der Waals surface area contributed by atoms with Gasteiger partial charge in [0.25, 0.3) is 0 Å². The molecule has 0 amide bonds. The number of carbonyl (C=O) groups is 2. The van der Waals surface area contributed by atoms with Crippen molar-refractivity contribution in [2.75, 3.05) is 0 Å². The molecule has 0 aromatic heterocycles. The molecule has 0 aromatic carbocycles. The number of aliphatic carboxylic acids is 1. The fourth-order valence-corrected chi connectivity index (χ4v) is 2.03. The maximum absolute atomic E-state index is 11.2. The normalized spacial score (nSPS) is 10.4. The summed E-state index contributed by atoms with van der Waals surface area (Å²) >= 11 is 0. The smallest absolute Gasteiger partial charge is 0.545 e. The summed E-state index contributed by atoms with van der Waals surface area (Å²) in [6.07, 6.45) is 14.6. The first-order valence-corrected chi connectivity index (χ1v) is 7.58. The molecule has 20 heavy (non-hydrogen) atoms. The van der Waals surface area contributed by atoms with E-state index >= 15 is 0 Å². The fraction of sp³-hybridized carbons (Fsp3) is 0.750. The van der Waals surface area contributed by atoms with Crippen molar-refractivity contribution in [3.05, 3.63) is 12.2 Å². The average Bonchev–Trinajstić information content (AvgIpc) is 2.38. The van der Waals surface area contributed by atoms with Crippen molar-refractivity contribution in [3.63, 3.8) is 0 Å². The minimum absolute atomic E-state index is 0. The number of hydrogen-bond donors (Lipinski definition) is 0. The van der Waals surface area contributed by atoms with Crippen LogP contribution in [0.25, 0.3) is 0 Å². The molecule has 0 aliphatic rings. The summed E-state index contributed by atoms with van der Waals surface area (Å²) in [4.78, 5) is 21.3. The molecule has 0 atom stereocenters. The molecule has 0 aliphatic carbocycles. The SMILES string of the molecule is CCCCCCCCCCCCC(=O)/C=C/C(=O)[O-].[Na+]. The van der Waals surface area contributed by atoms with Gasteiger partial charge < -0.3 is 9.90 Å². The van der Waals surface area contributed by atoms with E-state index in [1.165, 1.54) is 51.4 Å². The molecule has 0 bridgehead atoms. The zero-order chi connectivity index (χ0) is 14.3. The Morgan fingerprint density at radius 2 is 1.25 bits per heavy atom. The molecule has 0 saturated carbocycles. The van der Waals surface area contributed by atoms with Gasteiger partial charge in [-0.2, -0.15) is 0 Å². The maximum Gasteiger partial charge on any atom is 1.00 e. The van der Waals surface area contributed by atoms with E-state index in [2.05, 4.69) is 6.92 Å². The van der Waals surface area contributed by atoms with Crippen molar-refractivity contribution < 1.29 is 44.3 Å². The van der Waals surface area contributed by atoms with Gasteiger partial charge in [0.2, 0.25) is 0 Å². The number of carboxylic acids is 1. The van der Waals surface area contributed by atoms with Crippen LogP contribution in [0, 0.1) is 0 Å². The van der Waals surface area contributed by atoms with Crippen LogP contribution >= 0.6 is 0 Å². The van der Waals surface area contributed by atoms with Crippen LogP contribution in [0.15, 0.2) is 12.2 Å². The number of ketones is 1. The predicted molar refractivity (Wildman–Crippen MR) is 75.6 cm³/mol. The van der Waals surface area contributed by atoms with Crippen LogP contribution in [0.5, 0.6) is 0 Å². The molecule has 0 fully saturated rings. The van der Waals surface area contributed by atoms with Gasteiger partial charge >= 0.3 is 29.6 Å². The van der Waals surface area contributed by atoms with Crippen molar-refractivity contribution in [3.8, 4) is 0 Å². The number of rotatable bonds is 13. The summed E-state index contributed by atoms with van der Waals surface area (Å²) in [6, 6.07) is 0. The van der Waals surface area contributed by atoms with Crippen molar-refractivity contribution in [1.29, 1.82) is 0 Å². The van der Waals surface area contributed by atoms with Crippen molar-refractivity contribution in [1.82, 2.24) is 0 Å². The fourth-order valence-electron chi connectivity index (χ4n) is 2.03. The number of carboxylic acid groups (broad SMARTS) is 1. The number of carbonyl (C=O) groups excluding carboxylic acids is 2. The molecule has 0 N–H and O–H groups in total. The van der Waals surface area contributed by atoms with Crippen molar-refractivity contribution in [2.45, 2.75) is 77.6 Å². The summed E-state index contributed by atoms with van der Waals surface area (Å²) in [5.41, 5.74) is 0. The van der Waals surface area contributed by atoms with E-state index < -0.39 is 5.97 Å². The van der Waals surface area contributed by atoms with Gasteiger partial charge in [-0.25, -0.2) is 0 Å². The van der Waals surface area contributed by atoms with Gasteiger partial charge in [-0.15, -0.1) is 0 Å². The van der Waals surface area contributed by atoms with E-state index in [9.17, 15) is 14.7 Å². The Labute approximate surface area is 145 Å². The maximum atomic E-state index is 11.2. The molecule has 0 radical (unpaired) electrons. The van der Waals surface area contributed by atoms with Crippen LogP contribution in [-0.4, -0.2) is 11.8 Å². The molecular formula is C16H27NaO3. The largest absolute Gasteiger partial charge is 1.00 e. The van der Waals surface area contributed by atoms with Crippen LogP contribution in [-0.2, 0) is 9.59 Å². The zero-order valence-electron chi connectivity index (χ0n) is 13.2. The summed E-state index contributed by atoms with van der Waals surface area (Å²) in [7, 11) is 0. The third kappa shape index (κ3) is 17.9. The summed E-state index contributed by atoms with van der Waals surface area (Å²) < 4.78 is 0. The van der Waals surface area contributed by atoms with E-state index in [0.717, 1.165) is 25.0 Å². The van der Waals surface area contributed by atoms with Crippen LogP contribution in [0.2, 0.25) is 0 Å². The molecule has 0 unspecified atom stereocenters. The number of allylic oxidation sites excluding steroid dienone is 1. The Kier molecular flexibility index (Phi) is 18.8. The number of hydrogen-bond acceptors (Lipinski definition) is 3. The summed E-state index contributed by atoms with van der Waals surface area (Å²) in [5, 5.41) is 10.1. The van der Waals surface area contributed by atoms with E-state index in [-0.39, 0.29) is 35.3 Å². The van der Waals surface area contributed by atoms with Crippen molar-refractivity contribution >= 4 is 11.8 Å². The Morgan fingerprint density at radius 3 is 1.70 bits per heavy atom. The van der Waals surface area contributed by atoms with Crippen LogP contribution in [0.1, 0.15) is 77.6 Å². The van der Waals surface area contributed by atoms with Gasteiger partial charge in [0.05, 0.1) is 5.97 Å². The predicted octanol–water partition coefficient (Wildman–Crippen LogP) is 0.177. The van der Waals surface area contributed by atoms with Crippen LogP contribution in [0.4, 0.5) is 0 Å². The van der Waals surface area contributed by atoms with Gasteiger partial charge in [-0.05, 0) is 18.6 Å². The Morgan fingerprint density at radius 1 is 0.800 bits per heavy atom. The molecule has 4 heteroatoms. The van der Waals surface area contributed by atoms with Crippen molar-refractivity contribution in [2.24, 2.45) is 0 Å². The second-order valence-corrected chi connectivity index (χ2v) is 5.05. The van der Waals surface area contributed by atoms with Crippen LogP contribution in [0.3, 0.4) is 0 Å². The van der Waals surface area contributed by atoms with Crippen LogP contribution < -0.4 is 34.7 Å². The molecular weight excluding hydrogens is 263 g/mol. The quantitative estimate of drug-likeness (QED) is 0.276. The molecule has 0 rings (SSSR count). The third-order valence-corrected chi connectivity index (χ3v) is 3.18. The second kappa shape index (κ2) is 16.9. The zero-order valence-corrected chi connectivity index (χ0v) is 15.2. The molecule has 0 spiro atoms. The molecule has 0 saturated heterocycles.